The van der Waals surface area contributed by atoms with Crippen LogP contribution in [-0.2, 0) is 5.75 Å². The SMILES string of the molecule is COc1ccc(-c2nc(CSc3n[nH]c(=O)n3C3CC3)cs2)cc1OC. The first-order valence-corrected chi connectivity index (χ1v) is 10.0. The van der Waals surface area contributed by atoms with E-state index < -0.39 is 0 Å². The van der Waals surface area contributed by atoms with E-state index in [1.807, 2.05) is 23.6 Å². The van der Waals surface area contributed by atoms with Crippen LogP contribution in [0.3, 0.4) is 0 Å². The van der Waals surface area contributed by atoms with Crippen molar-refractivity contribution in [1.29, 1.82) is 0 Å². The summed E-state index contributed by atoms with van der Waals surface area (Å²) in [6.45, 7) is 0. The lowest BCUT2D eigenvalue weighted by Gasteiger charge is -2.08. The molecule has 4 rings (SSSR count). The van der Waals surface area contributed by atoms with Crippen molar-refractivity contribution in [1.82, 2.24) is 19.7 Å². The molecule has 2 aromatic heterocycles. The minimum absolute atomic E-state index is 0.126. The number of nitrogens with one attached hydrogen (secondary N) is 1. The fourth-order valence-corrected chi connectivity index (χ4v) is 4.49. The molecule has 1 aromatic carbocycles. The average Bonchev–Trinajstić information content (AvgIpc) is 3.26. The van der Waals surface area contributed by atoms with Crippen molar-refractivity contribution in [2.75, 3.05) is 14.2 Å². The second-order valence-corrected chi connectivity index (χ2v) is 7.72. The average molecular weight is 390 g/mol. The molecule has 0 atom stereocenters. The van der Waals surface area contributed by atoms with E-state index in [9.17, 15) is 4.79 Å². The van der Waals surface area contributed by atoms with Crippen molar-refractivity contribution < 1.29 is 9.47 Å². The smallest absolute Gasteiger partial charge is 0.344 e. The minimum Gasteiger partial charge on any atom is -0.493 e. The summed E-state index contributed by atoms with van der Waals surface area (Å²) >= 11 is 3.11. The van der Waals surface area contributed by atoms with E-state index in [0.29, 0.717) is 23.3 Å². The number of ether oxygens (including phenoxy) is 2. The van der Waals surface area contributed by atoms with E-state index in [-0.39, 0.29) is 5.69 Å². The van der Waals surface area contributed by atoms with E-state index in [2.05, 4.69) is 10.2 Å². The van der Waals surface area contributed by atoms with E-state index >= 15 is 0 Å². The molecule has 0 amide bonds. The molecule has 1 aliphatic carbocycles. The van der Waals surface area contributed by atoms with E-state index in [0.717, 1.165) is 34.3 Å². The lowest BCUT2D eigenvalue weighted by Crippen LogP contribution is -2.16. The topological polar surface area (TPSA) is 82.0 Å². The van der Waals surface area contributed by atoms with Crippen molar-refractivity contribution in [2.24, 2.45) is 0 Å². The zero-order valence-electron chi connectivity index (χ0n) is 14.4. The predicted octanol–water partition coefficient (Wildman–Crippen LogP) is 3.34. The zero-order valence-corrected chi connectivity index (χ0v) is 16.0. The number of aromatic amines is 1. The summed E-state index contributed by atoms with van der Waals surface area (Å²) in [6.07, 6.45) is 2.10. The highest BCUT2D eigenvalue weighted by Gasteiger charge is 2.28. The third-order valence-corrected chi connectivity index (χ3v) is 6.04. The maximum absolute atomic E-state index is 11.8. The number of methoxy groups -OCH3 is 2. The largest absolute Gasteiger partial charge is 0.493 e. The van der Waals surface area contributed by atoms with Crippen LogP contribution in [0.5, 0.6) is 11.5 Å². The Hall–Kier alpha value is -2.26. The van der Waals surface area contributed by atoms with Gasteiger partial charge in [0.05, 0.1) is 19.9 Å². The van der Waals surface area contributed by atoms with Crippen molar-refractivity contribution in [3.05, 3.63) is 39.8 Å². The van der Waals surface area contributed by atoms with Gasteiger partial charge in [0.15, 0.2) is 16.7 Å². The van der Waals surface area contributed by atoms with Crippen LogP contribution in [0.2, 0.25) is 0 Å². The number of thiazole rings is 1. The molecule has 1 saturated carbocycles. The molecule has 7 nitrogen and oxygen atoms in total. The van der Waals surface area contributed by atoms with Crippen LogP contribution < -0.4 is 15.2 Å². The predicted molar refractivity (Wildman–Crippen MR) is 101 cm³/mol. The summed E-state index contributed by atoms with van der Waals surface area (Å²) in [6, 6.07) is 6.08. The van der Waals surface area contributed by atoms with Gasteiger partial charge >= 0.3 is 5.69 Å². The number of H-pyrrole nitrogens is 1. The molecular weight excluding hydrogens is 372 g/mol. The highest BCUT2D eigenvalue weighted by Crippen LogP contribution is 2.37. The van der Waals surface area contributed by atoms with Gasteiger partial charge in [-0.2, -0.15) is 0 Å². The number of thioether (sulfide) groups is 1. The van der Waals surface area contributed by atoms with Crippen molar-refractivity contribution in [3.8, 4) is 22.1 Å². The fourth-order valence-electron chi connectivity index (χ4n) is 2.66. The Labute approximate surface area is 158 Å². The number of hydrogen-bond donors (Lipinski definition) is 1. The third kappa shape index (κ3) is 3.36. The summed E-state index contributed by atoms with van der Waals surface area (Å²) in [7, 11) is 3.24. The highest BCUT2D eigenvalue weighted by atomic mass is 32.2. The minimum atomic E-state index is -0.126. The summed E-state index contributed by atoms with van der Waals surface area (Å²) in [4.78, 5) is 16.5. The Morgan fingerprint density at radius 2 is 2.12 bits per heavy atom. The Kier molecular flexibility index (Phi) is 4.73. The fraction of sp³-hybridized carbons (Fsp3) is 0.353. The number of aromatic nitrogens is 4. The molecule has 9 heteroatoms. The summed E-state index contributed by atoms with van der Waals surface area (Å²) in [5.41, 5.74) is 1.82. The van der Waals surface area contributed by atoms with Gasteiger partial charge in [0.25, 0.3) is 0 Å². The first-order valence-electron chi connectivity index (χ1n) is 8.16. The van der Waals surface area contributed by atoms with Gasteiger partial charge in [-0.25, -0.2) is 14.9 Å². The van der Waals surface area contributed by atoms with Gasteiger partial charge in [-0.1, -0.05) is 11.8 Å². The van der Waals surface area contributed by atoms with Crippen LogP contribution in [0.1, 0.15) is 24.6 Å². The van der Waals surface area contributed by atoms with E-state index in [1.54, 1.807) is 30.1 Å². The number of benzene rings is 1. The molecule has 2 heterocycles. The molecule has 0 unspecified atom stereocenters. The van der Waals surface area contributed by atoms with Gasteiger partial charge < -0.3 is 9.47 Å². The Bertz CT molecular complexity index is 975. The van der Waals surface area contributed by atoms with Crippen molar-refractivity contribution in [2.45, 2.75) is 29.8 Å². The molecule has 0 aliphatic heterocycles. The molecule has 1 aliphatic rings. The Morgan fingerprint density at radius 1 is 1.31 bits per heavy atom. The quantitative estimate of drug-likeness (QED) is 0.623. The van der Waals surface area contributed by atoms with Crippen molar-refractivity contribution >= 4 is 23.1 Å². The molecule has 136 valence electrons. The Balaban J connectivity index is 1.49. The highest BCUT2D eigenvalue weighted by molar-refractivity contribution is 7.98. The number of nitrogens with zero attached hydrogens (tertiary/aromatic N) is 3. The van der Waals surface area contributed by atoms with Crippen LogP contribution in [0, 0.1) is 0 Å². The molecule has 0 radical (unpaired) electrons. The van der Waals surface area contributed by atoms with Gasteiger partial charge in [-0.3, -0.25) is 4.57 Å². The molecule has 26 heavy (non-hydrogen) atoms. The van der Waals surface area contributed by atoms with Crippen LogP contribution in [0.25, 0.3) is 10.6 Å². The van der Waals surface area contributed by atoms with Gasteiger partial charge in [0.2, 0.25) is 0 Å². The molecule has 0 spiro atoms. The molecule has 1 N–H and O–H groups in total. The standard InChI is InChI=1S/C17H18N4O3S2/c1-23-13-6-3-10(7-14(13)24-2)15-18-11(8-25-15)9-26-17-20-19-16(22)21(17)12-4-5-12/h3,6-8,12H,4-5,9H2,1-2H3,(H,19,22). The first kappa shape index (κ1) is 17.2. The molecule has 1 fully saturated rings. The van der Waals surface area contributed by atoms with Gasteiger partial charge in [0, 0.05) is 22.7 Å². The lowest BCUT2D eigenvalue weighted by molar-refractivity contribution is 0.355. The van der Waals surface area contributed by atoms with Crippen LogP contribution in [0.4, 0.5) is 0 Å². The normalized spacial score (nSPS) is 13.8. The Morgan fingerprint density at radius 3 is 2.85 bits per heavy atom. The van der Waals surface area contributed by atoms with Gasteiger partial charge in [-0.05, 0) is 31.0 Å². The van der Waals surface area contributed by atoms with Crippen LogP contribution >= 0.6 is 23.1 Å². The maximum atomic E-state index is 11.8. The van der Waals surface area contributed by atoms with Crippen molar-refractivity contribution in [3.63, 3.8) is 0 Å². The van der Waals surface area contributed by atoms with Gasteiger partial charge in [-0.15, -0.1) is 16.4 Å². The molecule has 0 bridgehead atoms. The first-order chi connectivity index (χ1) is 12.7. The number of rotatable bonds is 7. The van der Waals surface area contributed by atoms with Crippen LogP contribution in [-0.4, -0.2) is 34.0 Å². The van der Waals surface area contributed by atoms with Gasteiger partial charge in [0.1, 0.15) is 5.01 Å². The number of hydrogen-bond acceptors (Lipinski definition) is 7. The summed E-state index contributed by atoms with van der Waals surface area (Å²) in [5, 5.41) is 10.4. The second kappa shape index (κ2) is 7.16. The second-order valence-electron chi connectivity index (χ2n) is 5.91. The van der Waals surface area contributed by atoms with E-state index in [1.165, 1.54) is 11.8 Å². The van der Waals surface area contributed by atoms with Crippen LogP contribution in [0.15, 0.2) is 33.5 Å². The molecular formula is C17H18N4O3S2. The van der Waals surface area contributed by atoms with E-state index in [4.69, 9.17) is 14.5 Å². The summed E-state index contributed by atoms with van der Waals surface area (Å²) in [5.74, 6) is 2.04. The molecule has 0 saturated heterocycles. The maximum Gasteiger partial charge on any atom is 0.344 e. The third-order valence-electron chi connectivity index (χ3n) is 4.12. The summed E-state index contributed by atoms with van der Waals surface area (Å²) < 4.78 is 12.4. The monoisotopic (exact) mass is 390 g/mol. The molecule has 3 aromatic rings. The zero-order chi connectivity index (χ0) is 18.1. The lowest BCUT2D eigenvalue weighted by atomic mass is 10.2.